The Morgan fingerprint density at radius 1 is 2.00 bits per heavy atom. The molecule has 1 nitrogen and oxygen atoms in total. The van der Waals surface area contributed by atoms with Gasteiger partial charge in [0.1, 0.15) is 0 Å². The van der Waals surface area contributed by atoms with E-state index in [-0.39, 0.29) is 0 Å². The van der Waals surface area contributed by atoms with E-state index in [4.69, 9.17) is 0 Å². The third-order valence-electron chi connectivity index (χ3n) is 0.118. The molecule has 0 fully saturated rings. The average molecular weight is 77.0 g/mol. The monoisotopic (exact) mass is 77.0 g/mol. The van der Waals surface area contributed by atoms with Crippen LogP contribution in [0.4, 0.5) is 0 Å². The molecule has 0 aromatic carbocycles. The summed E-state index contributed by atoms with van der Waals surface area (Å²) in [5.74, 6) is 0. The van der Waals surface area contributed by atoms with Gasteiger partial charge in [-0.3, -0.25) is 0 Å². The van der Waals surface area contributed by atoms with E-state index in [0.717, 1.165) is 0 Å². The van der Waals surface area contributed by atoms with Crippen LogP contribution in [0.25, 0.3) is 0 Å². The van der Waals surface area contributed by atoms with Crippen molar-refractivity contribution in [2.45, 2.75) is 0 Å². The van der Waals surface area contributed by atoms with Crippen molar-refractivity contribution >= 4 is 9.47 Å². The van der Waals surface area contributed by atoms with E-state index in [2.05, 4.69) is 20.9 Å². The molecule has 0 spiro atoms. The smallest absolute Gasteiger partial charge is 0.0502 e. The van der Waals surface area contributed by atoms with Crippen LogP contribution in [0.3, 0.4) is 0 Å². The lowest BCUT2D eigenvalue weighted by Gasteiger charge is -1.75. The molecule has 0 rings (SSSR count). The van der Waals surface area contributed by atoms with E-state index in [1.165, 1.54) is 0 Å². The van der Waals surface area contributed by atoms with Crippen LogP contribution in [0, 0.1) is 6.92 Å². The molecule has 4 heavy (non-hydrogen) atoms. The lowest BCUT2D eigenvalue weighted by Crippen LogP contribution is -1.64. The summed E-state index contributed by atoms with van der Waals surface area (Å²) >= 11 is 0. The Hall–Kier alpha value is 0.390. The highest BCUT2D eigenvalue weighted by Crippen LogP contribution is 1.77. The van der Waals surface area contributed by atoms with Gasteiger partial charge in [-0.1, -0.05) is 0 Å². The predicted octanol–water partition coefficient (Wildman–Crippen LogP) is 0.627. The first-order valence-corrected chi connectivity index (χ1v) is 1.50. The van der Waals surface area contributed by atoms with Crippen LogP contribution in [0.1, 0.15) is 0 Å². The molecule has 0 bridgehead atoms. The number of rotatable bonds is 1. The summed E-state index contributed by atoms with van der Waals surface area (Å²) in [6.45, 7) is 3.89. The number of hydrogen-bond acceptors (Lipinski definition) is 1. The molecular formula is C2H6OP. The van der Waals surface area contributed by atoms with Gasteiger partial charge in [0.15, 0.2) is 0 Å². The Balaban J connectivity index is 1.97. The standard InChI is InChI=1S/C2H6OP/c1-2-3-4/h1-2,4H2. The third-order valence-corrected chi connectivity index (χ3v) is 0.354. The molecule has 25 valence electrons. The van der Waals surface area contributed by atoms with E-state index in [1.54, 1.807) is 0 Å². The van der Waals surface area contributed by atoms with E-state index in [0.29, 0.717) is 6.61 Å². The third kappa shape index (κ3) is 2.39. The predicted molar refractivity (Wildman–Crippen MR) is 21.0 cm³/mol. The van der Waals surface area contributed by atoms with Gasteiger partial charge in [0.2, 0.25) is 0 Å². The summed E-state index contributed by atoms with van der Waals surface area (Å²) in [5.41, 5.74) is 0. The van der Waals surface area contributed by atoms with Gasteiger partial charge >= 0.3 is 0 Å². The van der Waals surface area contributed by atoms with Crippen molar-refractivity contribution in [1.82, 2.24) is 0 Å². The quantitative estimate of drug-likeness (QED) is 0.417. The van der Waals surface area contributed by atoms with Crippen molar-refractivity contribution in [3.05, 3.63) is 6.92 Å². The average Bonchev–Trinajstić information content (AvgIpc) is 1.37. The van der Waals surface area contributed by atoms with Gasteiger partial charge in [0.05, 0.1) is 6.61 Å². The number of hydrogen-bond donors (Lipinski definition) is 0. The summed E-state index contributed by atoms with van der Waals surface area (Å²) in [6.07, 6.45) is 0. The molecule has 0 saturated carbocycles. The summed E-state index contributed by atoms with van der Waals surface area (Å²) in [4.78, 5) is 0. The second-order valence-electron chi connectivity index (χ2n) is 0.371. The van der Waals surface area contributed by atoms with Gasteiger partial charge in [-0.25, -0.2) is 0 Å². The molecule has 0 aliphatic heterocycles. The highest BCUT2D eigenvalue weighted by Gasteiger charge is 1.52. The zero-order valence-corrected chi connectivity index (χ0v) is 3.55. The zero-order valence-electron chi connectivity index (χ0n) is 2.40. The lowest BCUT2D eigenvalue weighted by atomic mass is 10.9. The minimum atomic E-state index is 0.532. The second kappa shape index (κ2) is 3.39. The maximum atomic E-state index is 4.35. The van der Waals surface area contributed by atoms with Crippen molar-refractivity contribution in [1.29, 1.82) is 0 Å². The van der Waals surface area contributed by atoms with Gasteiger partial charge in [0.25, 0.3) is 0 Å². The van der Waals surface area contributed by atoms with Crippen molar-refractivity contribution in [2.24, 2.45) is 0 Å². The lowest BCUT2D eigenvalue weighted by molar-refractivity contribution is 0.425. The van der Waals surface area contributed by atoms with Crippen LogP contribution in [0.15, 0.2) is 0 Å². The minimum Gasteiger partial charge on any atom is -0.366 e. The van der Waals surface area contributed by atoms with Crippen LogP contribution in [-0.2, 0) is 4.52 Å². The minimum absolute atomic E-state index is 0.532. The van der Waals surface area contributed by atoms with Gasteiger partial charge < -0.3 is 4.52 Å². The van der Waals surface area contributed by atoms with E-state index in [1.807, 2.05) is 0 Å². The Morgan fingerprint density at radius 2 is 2.25 bits per heavy atom. The van der Waals surface area contributed by atoms with Crippen molar-refractivity contribution < 1.29 is 4.52 Å². The van der Waals surface area contributed by atoms with Crippen molar-refractivity contribution in [3.8, 4) is 0 Å². The SMILES string of the molecule is [CH2]COP. The largest absolute Gasteiger partial charge is 0.366 e. The topological polar surface area (TPSA) is 9.23 Å². The molecule has 0 aliphatic rings. The highest BCUT2D eigenvalue weighted by atomic mass is 31.0. The fourth-order valence-electron chi connectivity index (χ4n) is 0. The molecule has 1 radical (unpaired) electrons. The van der Waals surface area contributed by atoms with Gasteiger partial charge in [0, 0.05) is 9.47 Å². The van der Waals surface area contributed by atoms with Gasteiger partial charge in [-0.2, -0.15) is 0 Å². The normalized spacial score (nSPS) is 7.50. The Bertz CT molecular complexity index is 8.00. The van der Waals surface area contributed by atoms with Gasteiger partial charge in [-0.15, -0.1) is 0 Å². The van der Waals surface area contributed by atoms with Gasteiger partial charge in [-0.05, 0) is 6.92 Å². The van der Waals surface area contributed by atoms with E-state index >= 15 is 0 Å². The molecule has 0 heterocycles. The molecule has 1 unspecified atom stereocenters. The first-order valence-electron chi connectivity index (χ1n) is 1.02. The fourth-order valence-corrected chi connectivity index (χ4v) is 0. The summed E-state index contributed by atoms with van der Waals surface area (Å²) in [5, 5.41) is 0. The molecular weight excluding hydrogens is 71.0 g/mol. The van der Waals surface area contributed by atoms with E-state index < -0.39 is 0 Å². The fraction of sp³-hybridized carbons (Fsp3) is 0.500. The van der Waals surface area contributed by atoms with Crippen LogP contribution < -0.4 is 0 Å². The Labute approximate surface area is 28.6 Å². The maximum absolute atomic E-state index is 4.35. The maximum Gasteiger partial charge on any atom is 0.0502 e. The van der Waals surface area contributed by atoms with Crippen LogP contribution in [-0.4, -0.2) is 6.61 Å². The van der Waals surface area contributed by atoms with Crippen molar-refractivity contribution in [2.75, 3.05) is 6.61 Å². The summed E-state index contributed by atoms with van der Waals surface area (Å²) < 4.78 is 4.35. The molecule has 2 heteroatoms. The Kier molecular flexibility index (Phi) is 3.72. The molecule has 0 aromatic rings. The second-order valence-corrected chi connectivity index (χ2v) is 0.704. The summed E-state index contributed by atoms with van der Waals surface area (Å²) in [6, 6.07) is 0. The van der Waals surface area contributed by atoms with Crippen molar-refractivity contribution in [3.63, 3.8) is 0 Å². The first kappa shape index (κ1) is 4.39. The molecule has 0 N–H and O–H groups in total. The zero-order chi connectivity index (χ0) is 3.41. The van der Waals surface area contributed by atoms with E-state index in [9.17, 15) is 0 Å². The molecule has 0 saturated heterocycles. The van der Waals surface area contributed by atoms with Crippen LogP contribution in [0.2, 0.25) is 0 Å². The Morgan fingerprint density at radius 3 is 2.25 bits per heavy atom. The van der Waals surface area contributed by atoms with Crippen LogP contribution in [0.5, 0.6) is 0 Å². The molecule has 0 aromatic heterocycles. The molecule has 0 amide bonds. The summed E-state index contributed by atoms with van der Waals surface area (Å²) in [7, 11) is 2.09. The van der Waals surface area contributed by atoms with Crippen LogP contribution >= 0.6 is 9.47 Å². The molecule has 1 atom stereocenters. The first-order chi connectivity index (χ1) is 1.91. The molecule has 0 aliphatic carbocycles. The highest BCUT2D eigenvalue weighted by molar-refractivity contribution is 7.09.